The summed E-state index contributed by atoms with van der Waals surface area (Å²) in [6.07, 6.45) is 0. The second-order valence-corrected chi connectivity index (χ2v) is 5.22. The maximum absolute atomic E-state index is 12.2. The molecule has 0 fully saturated rings. The molecule has 0 unspecified atom stereocenters. The Balaban J connectivity index is 1.97. The van der Waals surface area contributed by atoms with E-state index in [9.17, 15) is 19.7 Å². The van der Waals surface area contributed by atoms with Crippen LogP contribution >= 0.6 is 0 Å². The molecule has 142 valence electrons. The number of nitrogens with zero attached hydrogens (tertiary/aromatic N) is 1. The van der Waals surface area contributed by atoms with Gasteiger partial charge >= 0.3 is 5.97 Å². The van der Waals surface area contributed by atoms with Gasteiger partial charge in [0.2, 0.25) is 0 Å². The Labute approximate surface area is 155 Å². The van der Waals surface area contributed by atoms with Crippen LogP contribution < -0.4 is 14.8 Å². The Morgan fingerprint density at radius 1 is 1.15 bits per heavy atom. The van der Waals surface area contributed by atoms with Crippen LogP contribution in [-0.2, 0) is 9.53 Å². The zero-order valence-electron chi connectivity index (χ0n) is 14.8. The highest BCUT2D eigenvalue weighted by Crippen LogP contribution is 2.24. The van der Waals surface area contributed by atoms with E-state index in [2.05, 4.69) is 5.32 Å². The predicted octanol–water partition coefficient (Wildman–Crippen LogP) is 2.80. The first-order chi connectivity index (χ1) is 12.9. The van der Waals surface area contributed by atoms with E-state index in [1.807, 2.05) is 6.92 Å². The van der Waals surface area contributed by atoms with E-state index in [-0.39, 0.29) is 17.0 Å². The normalized spacial score (nSPS) is 10.0. The van der Waals surface area contributed by atoms with E-state index in [1.54, 1.807) is 24.3 Å². The van der Waals surface area contributed by atoms with Crippen LogP contribution in [0, 0.1) is 10.1 Å². The molecule has 9 heteroatoms. The number of rotatable bonds is 8. The molecule has 0 atom stereocenters. The minimum absolute atomic E-state index is 0.109. The monoisotopic (exact) mass is 374 g/mol. The van der Waals surface area contributed by atoms with Crippen molar-refractivity contribution in [2.45, 2.75) is 6.92 Å². The molecule has 0 spiro atoms. The molecule has 0 saturated heterocycles. The van der Waals surface area contributed by atoms with Crippen LogP contribution in [0.25, 0.3) is 0 Å². The molecule has 9 nitrogen and oxygen atoms in total. The van der Waals surface area contributed by atoms with Crippen LogP contribution in [-0.4, -0.2) is 37.1 Å². The number of amides is 1. The number of hydrogen-bond donors (Lipinski definition) is 1. The number of anilines is 1. The van der Waals surface area contributed by atoms with E-state index in [1.165, 1.54) is 19.2 Å². The van der Waals surface area contributed by atoms with Crippen molar-refractivity contribution < 1.29 is 28.7 Å². The topological polar surface area (TPSA) is 117 Å². The Morgan fingerprint density at radius 3 is 2.44 bits per heavy atom. The highest BCUT2D eigenvalue weighted by atomic mass is 16.6. The number of nitro benzene ring substituents is 1. The summed E-state index contributed by atoms with van der Waals surface area (Å²) in [5.41, 5.74) is 0.0783. The van der Waals surface area contributed by atoms with Crippen LogP contribution in [0.15, 0.2) is 42.5 Å². The molecule has 0 aliphatic carbocycles. The molecule has 1 N–H and O–H groups in total. The number of nitro groups is 1. The number of esters is 1. The first kappa shape index (κ1) is 19.7. The van der Waals surface area contributed by atoms with Gasteiger partial charge in [-0.2, -0.15) is 0 Å². The van der Waals surface area contributed by atoms with Crippen LogP contribution in [0.3, 0.4) is 0 Å². The van der Waals surface area contributed by atoms with Gasteiger partial charge in [0.05, 0.1) is 18.6 Å². The zero-order chi connectivity index (χ0) is 19.8. The first-order valence-electron chi connectivity index (χ1n) is 7.97. The summed E-state index contributed by atoms with van der Waals surface area (Å²) in [5.74, 6) is -0.688. The summed E-state index contributed by atoms with van der Waals surface area (Å²) in [4.78, 5) is 34.3. The van der Waals surface area contributed by atoms with Gasteiger partial charge in [-0.25, -0.2) is 4.79 Å². The first-order valence-corrected chi connectivity index (χ1v) is 7.97. The molecule has 0 radical (unpaired) electrons. The molecule has 1 amide bonds. The SMILES string of the molecule is CCOc1ccc(NC(=O)COC(=O)c2cc([N+](=O)[O-])ccc2OC)cc1. The van der Waals surface area contributed by atoms with Crippen LogP contribution in [0.2, 0.25) is 0 Å². The van der Waals surface area contributed by atoms with Gasteiger partial charge in [-0.3, -0.25) is 14.9 Å². The van der Waals surface area contributed by atoms with Crippen LogP contribution in [0.1, 0.15) is 17.3 Å². The van der Waals surface area contributed by atoms with Gasteiger partial charge in [-0.15, -0.1) is 0 Å². The van der Waals surface area contributed by atoms with Crippen LogP contribution in [0.4, 0.5) is 11.4 Å². The number of carbonyl (C=O) groups is 2. The lowest BCUT2D eigenvalue weighted by atomic mass is 10.2. The van der Waals surface area contributed by atoms with Crippen molar-refractivity contribution in [2.75, 3.05) is 25.6 Å². The fourth-order valence-corrected chi connectivity index (χ4v) is 2.18. The number of benzene rings is 2. The summed E-state index contributed by atoms with van der Waals surface area (Å²) in [7, 11) is 1.32. The maximum atomic E-state index is 12.2. The summed E-state index contributed by atoms with van der Waals surface area (Å²) in [5, 5.41) is 13.4. The standard InChI is InChI=1S/C18H18N2O7/c1-3-26-14-7-4-12(5-8-14)19-17(21)11-27-18(22)15-10-13(20(23)24)6-9-16(15)25-2/h4-10H,3,11H2,1-2H3,(H,19,21). The Kier molecular flexibility index (Phi) is 6.70. The summed E-state index contributed by atoms with van der Waals surface area (Å²) >= 11 is 0. The average Bonchev–Trinajstić information content (AvgIpc) is 2.67. The number of hydrogen-bond acceptors (Lipinski definition) is 7. The van der Waals surface area contributed by atoms with E-state index >= 15 is 0 Å². The molecule has 2 aromatic rings. The number of methoxy groups -OCH3 is 1. The van der Waals surface area contributed by atoms with Gasteiger partial charge in [0.1, 0.15) is 17.1 Å². The lowest BCUT2D eigenvalue weighted by Gasteiger charge is -2.09. The third-order valence-corrected chi connectivity index (χ3v) is 3.40. The minimum atomic E-state index is -0.905. The third kappa shape index (κ3) is 5.43. The lowest BCUT2D eigenvalue weighted by molar-refractivity contribution is -0.384. The number of non-ortho nitro benzene ring substituents is 1. The van der Waals surface area contributed by atoms with E-state index in [0.29, 0.717) is 18.0 Å². The lowest BCUT2D eigenvalue weighted by Crippen LogP contribution is -2.21. The van der Waals surface area contributed by atoms with Gasteiger partial charge in [-0.05, 0) is 37.3 Å². The quantitative estimate of drug-likeness (QED) is 0.429. The zero-order valence-corrected chi connectivity index (χ0v) is 14.8. The van der Waals surface area contributed by atoms with Gasteiger partial charge in [0, 0.05) is 17.8 Å². The number of nitrogens with one attached hydrogen (secondary N) is 1. The van der Waals surface area contributed by atoms with Crippen molar-refractivity contribution in [2.24, 2.45) is 0 Å². The average molecular weight is 374 g/mol. The summed E-state index contributed by atoms with van der Waals surface area (Å²) < 4.78 is 15.2. The molecule has 0 heterocycles. The second kappa shape index (κ2) is 9.18. The summed E-state index contributed by atoms with van der Waals surface area (Å²) in [6.45, 7) is 1.83. The van der Waals surface area contributed by atoms with Gasteiger partial charge < -0.3 is 19.5 Å². The smallest absolute Gasteiger partial charge is 0.342 e. The molecular weight excluding hydrogens is 356 g/mol. The summed E-state index contributed by atoms with van der Waals surface area (Å²) in [6, 6.07) is 10.2. The maximum Gasteiger partial charge on any atom is 0.342 e. The van der Waals surface area contributed by atoms with Gasteiger partial charge in [0.25, 0.3) is 11.6 Å². The van der Waals surface area contributed by atoms with Crippen molar-refractivity contribution in [3.05, 3.63) is 58.1 Å². The van der Waals surface area contributed by atoms with Gasteiger partial charge in [0.15, 0.2) is 6.61 Å². The minimum Gasteiger partial charge on any atom is -0.496 e. The largest absolute Gasteiger partial charge is 0.496 e. The molecule has 0 aliphatic rings. The van der Waals surface area contributed by atoms with E-state index in [0.717, 1.165) is 6.07 Å². The molecule has 0 aliphatic heterocycles. The predicted molar refractivity (Wildman–Crippen MR) is 96.2 cm³/mol. The second-order valence-electron chi connectivity index (χ2n) is 5.22. The molecule has 27 heavy (non-hydrogen) atoms. The highest BCUT2D eigenvalue weighted by molar-refractivity contribution is 5.97. The molecular formula is C18H18N2O7. The van der Waals surface area contributed by atoms with Gasteiger partial charge in [-0.1, -0.05) is 0 Å². The van der Waals surface area contributed by atoms with Crippen molar-refractivity contribution in [1.29, 1.82) is 0 Å². The fourth-order valence-electron chi connectivity index (χ4n) is 2.18. The molecule has 0 saturated carbocycles. The molecule has 2 rings (SSSR count). The van der Waals surface area contributed by atoms with Crippen molar-refractivity contribution in [3.8, 4) is 11.5 Å². The Bertz CT molecular complexity index is 834. The van der Waals surface area contributed by atoms with E-state index in [4.69, 9.17) is 14.2 Å². The Hall–Kier alpha value is -3.62. The Morgan fingerprint density at radius 2 is 1.85 bits per heavy atom. The third-order valence-electron chi connectivity index (χ3n) is 3.40. The van der Waals surface area contributed by atoms with Crippen LogP contribution in [0.5, 0.6) is 11.5 Å². The molecule has 0 bridgehead atoms. The number of carbonyl (C=O) groups excluding carboxylic acids is 2. The number of ether oxygens (including phenoxy) is 3. The van der Waals surface area contributed by atoms with Crippen molar-refractivity contribution >= 4 is 23.3 Å². The highest BCUT2D eigenvalue weighted by Gasteiger charge is 2.19. The molecule has 2 aromatic carbocycles. The van der Waals surface area contributed by atoms with Crippen molar-refractivity contribution in [1.82, 2.24) is 0 Å². The molecule has 0 aromatic heterocycles. The van der Waals surface area contributed by atoms with E-state index < -0.39 is 23.4 Å². The van der Waals surface area contributed by atoms with Crippen molar-refractivity contribution in [3.63, 3.8) is 0 Å². The fraction of sp³-hybridized carbons (Fsp3) is 0.222.